The fraction of sp³-hybridized carbons (Fsp3) is 0.462. The third-order valence-electron chi connectivity index (χ3n) is 3.27. The first-order chi connectivity index (χ1) is 9.06. The van der Waals surface area contributed by atoms with Crippen LogP contribution in [-0.2, 0) is 6.54 Å². The van der Waals surface area contributed by atoms with Crippen LogP contribution >= 0.6 is 34.2 Å². The molecule has 0 saturated carbocycles. The SMILES string of the molecule is NC1CCN(C(=O)NCc2ccc(I)cc2Cl)CC1. The van der Waals surface area contributed by atoms with Crippen molar-refractivity contribution in [2.24, 2.45) is 5.73 Å². The molecule has 19 heavy (non-hydrogen) atoms. The molecule has 3 N–H and O–H groups in total. The second-order valence-corrected chi connectivity index (χ2v) is 6.37. The molecule has 104 valence electrons. The Morgan fingerprint density at radius 1 is 1.47 bits per heavy atom. The lowest BCUT2D eigenvalue weighted by Gasteiger charge is -2.30. The molecule has 0 bridgehead atoms. The smallest absolute Gasteiger partial charge is 0.317 e. The molecule has 2 rings (SSSR count). The van der Waals surface area contributed by atoms with E-state index in [0.29, 0.717) is 11.6 Å². The molecule has 0 radical (unpaired) electrons. The summed E-state index contributed by atoms with van der Waals surface area (Å²) in [5.74, 6) is 0. The summed E-state index contributed by atoms with van der Waals surface area (Å²) in [7, 11) is 0. The van der Waals surface area contributed by atoms with Gasteiger partial charge in [-0.05, 0) is 53.1 Å². The molecule has 1 heterocycles. The summed E-state index contributed by atoms with van der Waals surface area (Å²) in [6, 6.07) is 6.00. The lowest BCUT2D eigenvalue weighted by atomic mass is 10.1. The third-order valence-corrected chi connectivity index (χ3v) is 4.29. The maximum atomic E-state index is 12.0. The molecule has 1 aromatic carbocycles. The molecule has 0 unspecified atom stereocenters. The predicted molar refractivity (Wildman–Crippen MR) is 85.2 cm³/mol. The van der Waals surface area contributed by atoms with Crippen LogP contribution in [0.4, 0.5) is 4.79 Å². The summed E-state index contributed by atoms with van der Waals surface area (Å²) in [6.45, 7) is 1.91. The molecule has 2 amide bonds. The van der Waals surface area contributed by atoms with E-state index >= 15 is 0 Å². The van der Waals surface area contributed by atoms with Crippen LogP contribution in [0, 0.1) is 3.57 Å². The molecule has 1 fully saturated rings. The zero-order valence-corrected chi connectivity index (χ0v) is 13.4. The van der Waals surface area contributed by atoms with Crippen molar-refractivity contribution in [1.82, 2.24) is 10.2 Å². The van der Waals surface area contributed by atoms with Gasteiger partial charge in [0.05, 0.1) is 0 Å². The number of piperidine rings is 1. The Kier molecular flexibility index (Phi) is 5.29. The van der Waals surface area contributed by atoms with E-state index < -0.39 is 0 Å². The number of likely N-dealkylation sites (tertiary alicyclic amines) is 1. The topological polar surface area (TPSA) is 58.4 Å². The largest absolute Gasteiger partial charge is 0.334 e. The Bertz CT molecular complexity index is 461. The maximum Gasteiger partial charge on any atom is 0.317 e. The zero-order valence-electron chi connectivity index (χ0n) is 10.5. The normalized spacial score (nSPS) is 16.5. The number of halogens is 2. The van der Waals surface area contributed by atoms with Crippen molar-refractivity contribution in [2.75, 3.05) is 13.1 Å². The van der Waals surface area contributed by atoms with Crippen LogP contribution < -0.4 is 11.1 Å². The Balaban J connectivity index is 1.86. The second kappa shape index (κ2) is 6.76. The van der Waals surface area contributed by atoms with Crippen LogP contribution in [0.3, 0.4) is 0 Å². The fourth-order valence-corrected chi connectivity index (χ4v) is 2.97. The summed E-state index contributed by atoms with van der Waals surface area (Å²) >= 11 is 8.34. The Hall–Kier alpha value is -0.530. The van der Waals surface area contributed by atoms with Crippen LogP contribution in [-0.4, -0.2) is 30.1 Å². The maximum absolute atomic E-state index is 12.0. The Labute approximate surface area is 131 Å². The number of carbonyl (C=O) groups excluding carboxylic acids is 1. The van der Waals surface area contributed by atoms with Gasteiger partial charge in [0.2, 0.25) is 0 Å². The minimum atomic E-state index is -0.0403. The lowest BCUT2D eigenvalue weighted by molar-refractivity contribution is 0.181. The molecule has 4 nitrogen and oxygen atoms in total. The van der Waals surface area contributed by atoms with Crippen LogP contribution in [0.15, 0.2) is 18.2 Å². The first kappa shape index (κ1) is 14.9. The van der Waals surface area contributed by atoms with Crippen molar-refractivity contribution in [3.8, 4) is 0 Å². The van der Waals surface area contributed by atoms with Gasteiger partial charge >= 0.3 is 6.03 Å². The van der Waals surface area contributed by atoms with Crippen molar-refractivity contribution in [1.29, 1.82) is 0 Å². The Morgan fingerprint density at radius 3 is 2.79 bits per heavy atom. The van der Waals surface area contributed by atoms with E-state index in [1.165, 1.54) is 0 Å². The van der Waals surface area contributed by atoms with Crippen molar-refractivity contribution >= 4 is 40.2 Å². The number of carbonyl (C=O) groups is 1. The van der Waals surface area contributed by atoms with Gasteiger partial charge in [0.25, 0.3) is 0 Å². The van der Waals surface area contributed by atoms with Crippen LogP contribution in [0.1, 0.15) is 18.4 Å². The van der Waals surface area contributed by atoms with E-state index in [4.69, 9.17) is 17.3 Å². The second-order valence-electron chi connectivity index (χ2n) is 4.72. The van der Waals surface area contributed by atoms with Gasteiger partial charge in [-0.1, -0.05) is 17.7 Å². The Morgan fingerprint density at radius 2 is 2.16 bits per heavy atom. The van der Waals surface area contributed by atoms with Gasteiger partial charge in [-0.15, -0.1) is 0 Å². The molecule has 1 aliphatic heterocycles. The van der Waals surface area contributed by atoms with Gasteiger partial charge in [0.1, 0.15) is 0 Å². The highest BCUT2D eigenvalue weighted by Crippen LogP contribution is 2.19. The van der Waals surface area contributed by atoms with Gasteiger partial charge in [0.15, 0.2) is 0 Å². The molecular weight excluding hydrogens is 377 g/mol. The van der Waals surface area contributed by atoms with Crippen LogP contribution in [0.2, 0.25) is 5.02 Å². The monoisotopic (exact) mass is 393 g/mol. The van der Waals surface area contributed by atoms with Crippen LogP contribution in [0.25, 0.3) is 0 Å². The molecule has 1 saturated heterocycles. The fourth-order valence-electron chi connectivity index (χ4n) is 2.05. The first-order valence-corrected chi connectivity index (χ1v) is 7.74. The minimum Gasteiger partial charge on any atom is -0.334 e. The average Bonchev–Trinajstić information content (AvgIpc) is 2.38. The molecule has 0 atom stereocenters. The predicted octanol–water partition coefficient (Wildman–Crippen LogP) is 2.58. The van der Waals surface area contributed by atoms with Gasteiger partial charge in [-0.2, -0.15) is 0 Å². The summed E-state index contributed by atoms with van der Waals surface area (Å²) < 4.78 is 1.09. The highest BCUT2D eigenvalue weighted by molar-refractivity contribution is 14.1. The number of nitrogens with zero attached hydrogens (tertiary/aromatic N) is 1. The summed E-state index contributed by atoms with van der Waals surface area (Å²) in [6.07, 6.45) is 1.75. The quantitative estimate of drug-likeness (QED) is 0.759. The van der Waals surface area contributed by atoms with Crippen molar-refractivity contribution in [3.63, 3.8) is 0 Å². The summed E-state index contributed by atoms with van der Waals surface area (Å²) in [4.78, 5) is 13.8. The number of nitrogens with one attached hydrogen (secondary N) is 1. The van der Waals surface area contributed by atoms with Crippen molar-refractivity contribution in [2.45, 2.75) is 25.4 Å². The lowest BCUT2D eigenvalue weighted by Crippen LogP contribution is -2.47. The van der Waals surface area contributed by atoms with Crippen molar-refractivity contribution in [3.05, 3.63) is 32.4 Å². The minimum absolute atomic E-state index is 0.0403. The number of nitrogens with two attached hydrogens (primary N) is 1. The molecule has 0 aromatic heterocycles. The van der Waals surface area contributed by atoms with E-state index in [-0.39, 0.29) is 12.1 Å². The van der Waals surface area contributed by atoms with Gasteiger partial charge in [-0.25, -0.2) is 4.79 Å². The summed E-state index contributed by atoms with van der Waals surface area (Å²) in [5, 5.41) is 3.59. The molecule has 0 aliphatic carbocycles. The van der Waals surface area contributed by atoms with Gasteiger partial charge in [-0.3, -0.25) is 0 Å². The number of amides is 2. The van der Waals surface area contributed by atoms with Crippen molar-refractivity contribution < 1.29 is 4.79 Å². The highest BCUT2D eigenvalue weighted by Gasteiger charge is 2.20. The highest BCUT2D eigenvalue weighted by atomic mass is 127. The van der Waals surface area contributed by atoms with E-state index in [1.54, 1.807) is 0 Å². The van der Waals surface area contributed by atoms with E-state index in [9.17, 15) is 4.79 Å². The molecular formula is C13H17ClIN3O. The number of urea groups is 1. The number of hydrogen-bond acceptors (Lipinski definition) is 2. The first-order valence-electron chi connectivity index (χ1n) is 6.28. The van der Waals surface area contributed by atoms with Gasteiger partial charge < -0.3 is 16.0 Å². The number of rotatable bonds is 2. The summed E-state index contributed by atoms with van der Waals surface area (Å²) in [5.41, 5.74) is 6.75. The van der Waals surface area contributed by atoms with Crippen LogP contribution in [0.5, 0.6) is 0 Å². The average molecular weight is 394 g/mol. The third kappa shape index (κ3) is 4.22. The zero-order chi connectivity index (χ0) is 13.8. The van der Waals surface area contributed by atoms with E-state index in [1.807, 2.05) is 23.1 Å². The molecule has 0 spiro atoms. The molecule has 1 aliphatic rings. The van der Waals surface area contributed by atoms with E-state index in [2.05, 4.69) is 27.9 Å². The standard InChI is InChI=1S/C13H17ClIN3O/c14-12-7-10(15)2-1-9(12)8-17-13(19)18-5-3-11(16)4-6-18/h1-2,7,11H,3-6,8,16H2,(H,17,19). The molecule has 6 heteroatoms. The number of hydrogen-bond donors (Lipinski definition) is 2. The number of benzene rings is 1. The van der Waals surface area contributed by atoms with E-state index in [0.717, 1.165) is 35.1 Å². The van der Waals surface area contributed by atoms with Gasteiger partial charge in [0, 0.05) is 34.3 Å². The molecule has 1 aromatic rings.